The Kier molecular flexibility index (Phi) is 5.15. The molecule has 2 aromatic rings. The molecule has 0 radical (unpaired) electrons. The van der Waals surface area contributed by atoms with Crippen LogP contribution in [0.4, 0.5) is 0 Å². The van der Waals surface area contributed by atoms with Gasteiger partial charge in [-0.1, -0.05) is 30.3 Å². The second-order valence-electron chi connectivity index (χ2n) is 8.39. The molecule has 3 heterocycles. The summed E-state index contributed by atoms with van der Waals surface area (Å²) >= 11 is 0. The topological polar surface area (TPSA) is 88.2 Å². The number of ether oxygens (including phenoxy) is 2. The molecule has 8 nitrogen and oxygen atoms in total. The first-order valence-electron chi connectivity index (χ1n) is 12.6. The van der Waals surface area contributed by atoms with Gasteiger partial charge in [-0.25, -0.2) is 0 Å². The summed E-state index contributed by atoms with van der Waals surface area (Å²) in [5.74, 6) is -1.06. The van der Waals surface area contributed by atoms with E-state index in [9.17, 15) is 14.4 Å². The van der Waals surface area contributed by atoms with Gasteiger partial charge >= 0.3 is 0 Å². The van der Waals surface area contributed by atoms with Gasteiger partial charge in [-0.3, -0.25) is 24.6 Å². The smallest absolute Gasteiger partial charge is 0.255 e. The average Bonchev–Trinajstić information content (AvgIpc) is 3.17. The normalized spacial score (nSPS) is 22.9. The summed E-state index contributed by atoms with van der Waals surface area (Å²) < 4.78 is 36.8. The van der Waals surface area contributed by atoms with Crippen molar-refractivity contribution in [3.63, 3.8) is 0 Å². The number of hydrogen-bond acceptors (Lipinski definition) is 6. The first-order chi connectivity index (χ1) is 17.2. The summed E-state index contributed by atoms with van der Waals surface area (Å²) in [5.41, 5.74) is 1.80. The molecule has 2 aromatic carbocycles. The van der Waals surface area contributed by atoms with Gasteiger partial charge in [0.2, 0.25) is 11.8 Å². The van der Waals surface area contributed by atoms with Crippen LogP contribution in [0.1, 0.15) is 44.0 Å². The Hall–Kier alpha value is -3.23. The maximum atomic E-state index is 13.0. The number of rotatable bonds is 6. The molecule has 8 heteroatoms. The molecule has 0 bridgehead atoms. The van der Waals surface area contributed by atoms with Crippen LogP contribution < -0.4 is 10.1 Å². The Morgan fingerprint density at radius 1 is 1.12 bits per heavy atom. The fraction of sp³-hybridized carbons (Fsp3) is 0.400. The molecule has 0 aliphatic carbocycles. The summed E-state index contributed by atoms with van der Waals surface area (Å²) in [6.45, 7) is 1.37. The van der Waals surface area contributed by atoms with E-state index in [-0.39, 0.29) is 48.6 Å². The highest BCUT2D eigenvalue weighted by molar-refractivity contribution is 6.05. The highest BCUT2D eigenvalue weighted by atomic mass is 16.5. The molecule has 1 atom stereocenters. The van der Waals surface area contributed by atoms with Crippen molar-refractivity contribution in [3.8, 4) is 5.75 Å². The minimum atomic E-state index is -2.32. The molecule has 2 saturated heterocycles. The SMILES string of the molecule is [2H]c1cc(CN2CCOCC2)ccc1C([2H])([2H])Oc1cccc2c1CN(C1CCC(=O)NC1=O)C2=O. The summed E-state index contributed by atoms with van der Waals surface area (Å²) in [4.78, 5) is 40.5. The Labute approximate surface area is 196 Å². The number of nitrogens with zero attached hydrogens (tertiary/aromatic N) is 2. The highest BCUT2D eigenvalue weighted by Crippen LogP contribution is 2.34. The van der Waals surface area contributed by atoms with Crippen LogP contribution in [0.5, 0.6) is 5.75 Å². The monoisotopic (exact) mass is 452 g/mol. The number of imide groups is 1. The van der Waals surface area contributed by atoms with Crippen LogP contribution in [0.25, 0.3) is 0 Å². The first kappa shape index (κ1) is 18.2. The van der Waals surface area contributed by atoms with Gasteiger partial charge in [-0.05, 0) is 29.7 Å². The number of carbonyl (C=O) groups is 3. The van der Waals surface area contributed by atoms with Crippen LogP contribution in [0, 0.1) is 0 Å². The van der Waals surface area contributed by atoms with Gasteiger partial charge < -0.3 is 14.4 Å². The number of piperidine rings is 1. The molecule has 0 spiro atoms. The molecule has 1 unspecified atom stereocenters. The quantitative estimate of drug-likeness (QED) is 0.674. The first-order valence-corrected chi connectivity index (χ1v) is 11.1. The van der Waals surface area contributed by atoms with Crippen molar-refractivity contribution in [1.82, 2.24) is 15.1 Å². The average molecular weight is 453 g/mol. The van der Waals surface area contributed by atoms with E-state index in [0.717, 1.165) is 18.7 Å². The third-order valence-corrected chi connectivity index (χ3v) is 6.20. The van der Waals surface area contributed by atoms with E-state index in [4.69, 9.17) is 13.6 Å². The Morgan fingerprint density at radius 2 is 1.94 bits per heavy atom. The number of benzene rings is 2. The summed E-state index contributed by atoms with van der Waals surface area (Å²) in [6, 6.07) is 9.07. The lowest BCUT2D eigenvalue weighted by Crippen LogP contribution is -2.52. The molecule has 33 heavy (non-hydrogen) atoms. The van der Waals surface area contributed by atoms with Gasteiger partial charge in [-0.15, -0.1) is 0 Å². The number of hydrogen-bond donors (Lipinski definition) is 1. The van der Waals surface area contributed by atoms with Crippen molar-refractivity contribution in [3.05, 3.63) is 64.7 Å². The largest absolute Gasteiger partial charge is 0.489 e. The Morgan fingerprint density at radius 3 is 2.73 bits per heavy atom. The van der Waals surface area contributed by atoms with Crippen LogP contribution in [0.2, 0.25) is 0 Å². The zero-order valence-electron chi connectivity index (χ0n) is 21.1. The van der Waals surface area contributed by atoms with Gasteiger partial charge in [0.15, 0.2) is 0 Å². The summed E-state index contributed by atoms with van der Waals surface area (Å²) in [5, 5.41) is 2.27. The maximum absolute atomic E-state index is 13.0. The minimum Gasteiger partial charge on any atom is -0.489 e. The van der Waals surface area contributed by atoms with Crippen molar-refractivity contribution in [1.29, 1.82) is 0 Å². The number of amides is 3. The third-order valence-electron chi connectivity index (χ3n) is 6.20. The molecule has 0 aromatic heterocycles. The van der Waals surface area contributed by atoms with E-state index in [2.05, 4.69) is 10.2 Å². The molecule has 1 N–H and O–H groups in total. The summed E-state index contributed by atoms with van der Waals surface area (Å²) in [6.07, 6.45) is 0.386. The standard InChI is InChI=1S/C25H27N3O5/c29-23-9-8-21(24(30)26-23)28-15-20-19(25(28)31)2-1-3-22(20)33-16-18-6-4-17(5-7-18)14-27-10-12-32-13-11-27/h1-7,21H,8-16H2,(H,26,29,30)/i6D,16D2. The molecule has 3 amide bonds. The van der Waals surface area contributed by atoms with Crippen LogP contribution >= 0.6 is 0 Å². The maximum Gasteiger partial charge on any atom is 0.255 e. The Balaban J connectivity index is 1.34. The molecule has 3 aliphatic rings. The van der Waals surface area contributed by atoms with Gasteiger partial charge in [0.25, 0.3) is 5.91 Å². The van der Waals surface area contributed by atoms with E-state index in [1.165, 1.54) is 4.90 Å². The van der Waals surface area contributed by atoms with Gasteiger partial charge in [0.05, 0.1) is 23.9 Å². The van der Waals surface area contributed by atoms with E-state index in [0.29, 0.717) is 30.9 Å². The zero-order chi connectivity index (χ0) is 25.4. The van der Waals surface area contributed by atoms with Crippen molar-refractivity contribution < 1.29 is 28.0 Å². The van der Waals surface area contributed by atoms with E-state index >= 15 is 0 Å². The second-order valence-corrected chi connectivity index (χ2v) is 8.39. The van der Waals surface area contributed by atoms with Crippen molar-refractivity contribution in [2.75, 3.05) is 26.3 Å². The molecule has 5 rings (SSSR count). The lowest BCUT2D eigenvalue weighted by Gasteiger charge is -2.29. The lowest BCUT2D eigenvalue weighted by molar-refractivity contribution is -0.136. The number of morpholine rings is 1. The second kappa shape index (κ2) is 9.33. The lowest BCUT2D eigenvalue weighted by atomic mass is 10.0. The Bertz CT molecular complexity index is 1220. The minimum absolute atomic E-state index is 0.0274. The molecule has 2 fully saturated rings. The molecule has 0 saturated carbocycles. The van der Waals surface area contributed by atoms with Crippen molar-refractivity contribution >= 4 is 17.7 Å². The van der Waals surface area contributed by atoms with Crippen LogP contribution in [0.15, 0.2) is 42.4 Å². The zero-order valence-corrected chi connectivity index (χ0v) is 18.1. The van der Waals surface area contributed by atoms with E-state index in [1.54, 1.807) is 36.4 Å². The van der Waals surface area contributed by atoms with Crippen LogP contribution in [0.3, 0.4) is 0 Å². The third kappa shape index (κ3) is 4.62. The molecule has 3 aliphatic heterocycles. The van der Waals surface area contributed by atoms with Crippen molar-refractivity contribution in [2.45, 2.75) is 38.5 Å². The van der Waals surface area contributed by atoms with Crippen molar-refractivity contribution in [2.24, 2.45) is 0 Å². The fourth-order valence-corrected chi connectivity index (χ4v) is 4.40. The van der Waals surface area contributed by atoms with Gasteiger partial charge in [0.1, 0.15) is 18.4 Å². The molecular formula is C25H27N3O5. The molecule has 172 valence electrons. The van der Waals surface area contributed by atoms with Crippen LogP contribution in [-0.4, -0.2) is 59.9 Å². The number of carbonyl (C=O) groups excluding carboxylic acids is 3. The number of nitrogens with one attached hydrogen (secondary N) is 1. The predicted octanol–water partition coefficient (Wildman–Crippen LogP) is 1.86. The van der Waals surface area contributed by atoms with E-state index in [1.807, 2.05) is 0 Å². The predicted molar refractivity (Wildman–Crippen MR) is 119 cm³/mol. The highest BCUT2D eigenvalue weighted by Gasteiger charge is 2.40. The molecular weight excluding hydrogens is 422 g/mol. The van der Waals surface area contributed by atoms with Gasteiger partial charge in [0, 0.05) is 37.2 Å². The summed E-state index contributed by atoms with van der Waals surface area (Å²) in [7, 11) is 0. The van der Waals surface area contributed by atoms with E-state index < -0.39 is 18.5 Å². The fourth-order valence-electron chi connectivity index (χ4n) is 4.40. The van der Waals surface area contributed by atoms with Gasteiger partial charge in [-0.2, -0.15) is 0 Å². The van der Waals surface area contributed by atoms with Crippen LogP contribution in [-0.2, 0) is 34.0 Å². The number of fused-ring (bicyclic) bond motifs is 1.